The molecule has 2 heterocycles. The molecule has 1 aliphatic rings. The zero-order valence-corrected chi connectivity index (χ0v) is 20.3. The largest absolute Gasteiger partial charge is 0.492 e. The van der Waals surface area contributed by atoms with Crippen molar-refractivity contribution in [3.05, 3.63) is 78.2 Å². The fourth-order valence-corrected chi connectivity index (χ4v) is 5.67. The van der Waals surface area contributed by atoms with Crippen LogP contribution >= 0.6 is 0 Å². The Morgan fingerprint density at radius 3 is 2.58 bits per heavy atom. The summed E-state index contributed by atoms with van der Waals surface area (Å²) >= 11 is 0. The molecule has 0 saturated carbocycles. The van der Waals surface area contributed by atoms with E-state index in [2.05, 4.69) is 59.4 Å². The fraction of sp³-hybridized carbons (Fsp3) is 0.400. The van der Waals surface area contributed by atoms with Crippen LogP contribution in [0.25, 0.3) is 0 Å². The molecule has 4 rings (SSSR count). The van der Waals surface area contributed by atoms with Crippen molar-refractivity contribution in [3.63, 3.8) is 0 Å². The summed E-state index contributed by atoms with van der Waals surface area (Å²) in [6.45, 7) is 2.56. The lowest BCUT2D eigenvalue weighted by Crippen LogP contribution is -2.32. The number of likely N-dealkylation sites (tertiary alicyclic amines) is 1. The number of aromatic nitrogens is 2. The number of aryl methyl sites for hydroxylation is 1. The van der Waals surface area contributed by atoms with Gasteiger partial charge in [0.15, 0.2) is 5.03 Å². The minimum Gasteiger partial charge on any atom is -0.492 e. The fourth-order valence-electron chi connectivity index (χ4n) is 4.56. The molecule has 0 radical (unpaired) electrons. The van der Waals surface area contributed by atoms with Crippen LogP contribution in [-0.4, -0.2) is 67.5 Å². The van der Waals surface area contributed by atoms with Crippen LogP contribution in [0.4, 0.5) is 0 Å². The first-order chi connectivity index (χ1) is 15.8. The molecule has 0 bridgehead atoms. The molecule has 1 aliphatic heterocycles. The average molecular weight is 469 g/mol. The molecule has 1 unspecified atom stereocenters. The summed E-state index contributed by atoms with van der Waals surface area (Å²) in [6.07, 6.45) is 5.05. The Kier molecular flexibility index (Phi) is 6.88. The van der Waals surface area contributed by atoms with E-state index in [0.717, 1.165) is 31.7 Å². The Hall–Kier alpha value is -2.68. The van der Waals surface area contributed by atoms with Crippen LogP contribution in [-0.2, 0) is 28.9 Å². The third-order valence-electron chi connectivity index (χ3n) is 6.41. The van der Waals surface area contributed by atoms with Crippen LogP contribution in [0.2, 0.25) is 0 Å². The highest BCUT2D eigenvalue weighted by Gasteiger charge is 2.38. The van der Waals surface area contributed by atoms with E-state index in [1.54, 1.807) is 18.7 Å². The van der Waals surface area contributed by atoms with Crippen molar-refractivity contribution in [2.45, 2.75) is 23.3 Å². The van der Waals surface area contributed by atoms with Gasteiger partial charge in [-0.25, -0.2) is 13.4 Å². The second-order valence-electron chi connectivity index (χ2n) is 9.01. The van der Waals surface area contributed by atoms with Crippen LogP contribution in [0.3, 0.4) is 0 Å². The summed E-state index contributed by atoms with van der Waals surface area (Å²) < 4.78 is 34.2. The van der Waals surface area contributed by atoms with Crippen molar-refractivity contribution in [3.8, 4) is 5.75 Å². The molecule has 1 saturated heterocycles. The Balaban J connectivity index is 1.44. The third-order valence-corrected chi connectivity index (χ3v) is 8.15. The van der Waals surface area contributed by atoms with E-state index in [4.69, 9.17) is 4.74 Å². The van der Waals surface area contributed by atoms with Gasteiger partial charge in [0.05, 0.1) is 6.33 Å². The highest BCUT2D eigenvalue weighted by molar-refractivity contribution is 7.89. The summed E-state index contributed by atoms with van der Waals surface area (Å²) in [7, 11) is 1.84. The van der Waals surface area contributed by atoms with Gasteiger partial charge in [-0.3, -0.25) is 0 Å². The SMILES string of the molecule is CN1CCC(Cc2ccccc2)(c2cccc(OCCN(C)S(=O)(=O)c3cn(C)cn3)c2)C1. The maximum atomic E-state index is 12.7. The second-order valence-corrected chi connectivity index (χ2v) is 11.0. The lowest BCUT2D eigenvalue weighted by molar-refractivity contribution is 0.285. The zero-order chi connectivity index (χ0) is 23.5. The first kappa shape index (κ1) is 23.5. The van der Waals surface area contributed by atoms with E-state index in [0.29, 0.717) is 0 Å². The van der Waals surface area contributed by atoms with Gasteiger partial charge in [0.2, 0.25) is 0 Å². The van der Waals surface area contributed by atoms with Crippen molar-refractivity contribution < 1.29 is 13.2 Å². The summed E-state index contributed by atoms with van der Waals surface area (Å²) in [5.74, 6) is 0.762. The molecule has 3 aromatic rings. The number of hydrogen-bond acceptors (Lipinski definition) is 5. The lowest BCUT2D eigenvalue weighted by atomic mass is 9.75. The normalized spacial score (nSPS) is 19.3. The lowest BCUT2D eigenvalue weighted by Gasteiger charge is -2.30. The van der Waals surface area contributed by atoms with E-state index >= 15 is 0 Å². The van der Waals surface area contributed by atoms with Crippen LogP contribution in [0.5, 0.6) is 5.75 Å². The van der Waals surface area contributed by atoms with E-state index in [9.17, 15) is 8.42 Å². The summed E-state index contributed by atoms with van der Waals surface area (Å²) in [4.78, 5) is 6.35. The van der Waals surface area contributed by atoms with Crippen molar-refractivity contribution >= 4 is 10.0 Å². The third kappa shape index (κ3) is 5.29. The number of imidazole rings is 1. The first-order valence-electron chi connectivity index (χ1n) is 11.2. The number of benzene rings is 2. The summed E-state index contributed by atoms with van der Waals surface area (Å²) in [6, 6.07) is 18.9. The maximum Gasteiger partial charge on any atom is 0.261 e. The topological polar surface area (TPSA) is 67.7 Å². The van der Waals surface area contributed by atoms with Crippen LogP contribution < -0.4 is 4.74 Å². The maximum absolute atomic E-state index is 12.7. The van der Waals surface area contributed by atoms with Gasteiger partial charge in [0.1, 0.15) is 12.4 Å². The van der Waals surface area contributed by atoms with Gasteiger partial charge in [-0.1, -0.05) is 42.5 Å². The highest BCUT2D eigenvalue weighted by Crippen LogP contribution is 2.38. The van der Waals surface area contributed by atoms with Gasteiger partial charge in [0.25, 0.3) is 10.0 Å². The van der Waals surface area contributed by atoms with Crippen LogP contribution in [0, 0.1) is 0 Å². The van der Waals surface area contributed by atoms with Gasteiger partial charge in [-0.2, -0.15) is 4.31 Å². The molecule has 0 N–H and O–H groups in total. The number of nitrogens with zero attached hydrogens (tertiary/aromatic N) is 4. The summed E-state index contributed by atoms with van der Waals surface area (Å²) in [5.41, 5.74) is 2.64. The molecule has 1 aromatic heterocycles. The molecule has 1 fully saturated rings. The molecule has 2 aromatic carbocycles. The number of likely N-dealkylation sites (N-methyl/N-ethyl adjacent to an activating group) is 2. The highest BCUT2D eigenvalue weighted by atomic mass is 32.2. The Labute approximate surface area is 196 Å². The molecule has 0 amide bonds. The van der Waals surface area contributed by atoms with Gasteiger partial charge >= 0.3 is 0 Å². The Morgan fingerprint density at radius 1 is 1.12 bits per heavy atom. The number of sulfonamides is 1. The predicted octanol–water partition coefficient (Wildman–Crippen LogP) is 2.94. The Bertz CT molecular complexity index is 1180. The molecule has 0 spiro atoms. The number of hydrogen-bond donors (Lipinski definition) is 0. The number of ether oxygens (including phenoxy) is 1. The smallest absolute Gasteiger partial charge is 0.261 e. The van der Waals surface area contributed by atoms with Gasteiger partial charge < -0.3 is 14.2 Å². The van der Waals surface area contributed by atoms with Crippen molar-refractivity contribution in [2.24, 2.45) is 7.05 Å². The second kappa shape index (κ2) is 9.67. The van der Waals surface area contributed by atoms with E-state index < -0.39 is 10.0 Å². The van der Waals surface area contributed by atoms with E-state index in [-0.39, 0.29) is 23.6 Å². The molecule has 0 aliphatic carbocycles. The molecule has 176 valence electrons. The molecular weight excluding hydrogens is 436 g/mol. The monoisotopic (exact) mass is 468 g/mol. The zero-order valence-electron chi connectivity index (χ0n) is 19.5. The molecule has 8 heteroatoms. The minimum atomic E-state index is -3.63. The van der Waals surface area contributed by atoms with Crippen LogP contribution in [0.1, 0.15) is 17.5 Å². The number of rotatable bonds is 9. The van der Waals surface area contributed by atoms with Gasteiger partial charge in [-0.15, -0.1) is 0 Å². The van der Waals surface area contributed by atoms with E-state index in [1.807, 2.05) is 12.1 Å². The summed E-state index contributed by atoms with van der Waals surface area (Å²) in [5, 5.41) is 0.0442. The van der Waals surface area contributed by atoms with Crippen LogP contribution in [0.15, 0.2) is 72.1 Å². The molecule has 1 atom stereocenters. The molecule has 7 nitrogen and oxygen atoms in total. The van der Waals surface area contributed by atoms with Crippen molar-refractivity contribution in [1.29, 1.82) is 0 Å². The van der Waals surface area contributed by atoms with Crippen molar-refractivity contribution in [1.82, 2.24) is 18.8 Å². The van der Waals surface area contributed by atoms with Gasteiger partial charge in [0, 0.05) is 38.8 Å². The Morgan fingerprint density at radius 2 is 1.91 bits per heavy atom. The van der Waals surface area contributed by atoms with E-state index in [1.165, 1.54) is 28.0 Å². The predicted molar refractivity (Wildman–Crippen MR) is 129 cm³/mol. The quantitative estimate of drug-likeness (QED) is 0.483. The molecular formula is C25H32N4O3S. The molecule has 33 heavy (non-hydrogen) atoms. The average Bonchev–Trinajstić information content (AvgIpc) is 3.41. The standard InChI is InChI=1S/C25H32N4O3S/c1-27-13-12-25(19-27,17-21-8-5-4-6-9-21)22-10-7-11-23(16-22)32-15-14-29(3)33(30,31)24-18-28(2)20-26-24/h4-11,16,18,20H,12-15,17,19H2,1-3H3. The van der Waals surface area contributed by atoms with Gasteiger partial charge in [-0.05, 0) is 49.7 Å². The first-order valence-corrected chi connectivity index (χ1v) is 12.6. The van der Waals surface area contributed by atoms with Crippen molar-refractivity contribution in [2.75, 3.05) is 40.3 Å². The minimum absolute atomic E-state index is 0.0363.